The van der Waals surface area contributed by atoms with E-state index in [-0.39, 0.29) is 17.9 Å². The van der Waals surface area contributed by atoms with E-state index in [1.165, 1.54) is 6.42 Å². The molecule has 2 amide bonds. The number of amides is 2. The Morgan fingerprint density at radius 2 is 1.75 bits per heavy atom. The van der Waals surface area contributed by atoms with Gasteiger partial charge in [-0.15, -0.1) is 0 Å². The first-order chi connectivity index (χ1) is 15.6. The van der Waals surface area contributed by atoms with E-state index < -0.39 is 6.04 Å². The van der Waals surface area contributed by atoms with Crippen molar-refractivity contribution < 1.29 is 19.1 Å². The first kappa shape index (κ1) is 22.2. The highest BCUT2D eigenvalue weighted by Gasteiger charge is 2.47. The summed E-state index contributed by atoms with van der Waals surface area (Å²) < 4.78 is 10.7. The van der Waals surface area contributed by atoms with Crippen LogP contribution in [-0.4, -0.2) is 49.6 Å². The number of benzene rings is 2. The van der Waals surface area contributed by atoms with Gasteiger partial charge in [-0.25, -0.2) is 0 Å². The molecule has 3 atom stereocenters. The van der Waals surface area contributed by atoms with E-state index in [9.17, 15) is 9.59 Å². The Morgan fingerprint density at radius 3 is 2.50 bits per heavy atom. The molecule has 1 saturated carbocycles. The number of methoxy groups -OCH3 is 2. The number of fused-ring (bicyclic) bond motifs is 1. The molecular weight excluding hydrogens is 404 g/mol. The maximum Gasteiger partial charge on any atom is 0.254 e. The van der Waals surface area contributed by atoms with Gasteiger partial charge >= 0.3 is 0 Å². The van der Waals surface area contributed by atoms with Gasteiger partial charge in [0.15, 0.2) is 11.5 Å². The van der Waals surface area contributed by atoms with Crippen molar-refractivity contribution in [2.24, 2.45) is 5.92 Å². The summed E-state index contributed by atoms with van der Waals surface area (Å²) in [6.45, 7) is 0.507. The second-order valence-corrected chi connectivity index (χ2v) is 8.67. The number of nitrogens with one attached hydrogen (secondary N) is 1. The minimum Gasteiger partial charge on any atom is -0.493 e. The Bertz CT molecular complexity index is 946. The van der Waals surface area contributed by atoms with E-state index in [4.69, 9.17) is 9.47 Å². The Balaban J connectivity index is 1.43. The maximum atomic E-state index is 13.4. The second-order valence-electron chi connectivity index (χ2n) is 8.67. The molecule has 170 valence electrons. The van der Waals surface area contributed by atoms with Gasteiger partial charge in [0, 0.05) is 18.2 Å². The average Bonchev–Trinajstić information content (AvgIpc) is 3.23. The SMILES string of the molecule is COc1ccc(CCNC(=O)C2CC3CCCCC3N2C(=O)c2ccccc2)cc1OC. The van der Waals surface area contributed by atoms with Crippen LogP contribution in [0.4, 0.5) is 0 Å². The lowest BCUT2D eigenvalue weighted by Crippen LogP contribution is -2.49. The highest BCUT2D eigenvalue weighted by atomic mass is 16.5. The van der Waals surface area contributed by atoms with Crippen LogP contribution in [0.25, 0.3) is 0 Å². The number of rotatable bonds is 7. The van der Waals surface area contributed by atoms with Crippen molar-refractivity contribution in [3.63, 3.8) is 0 Å². The molecule has 4 rings (SSSR count). The van der Waals surface area contributed by atoms with E-state index in [1.54, 1.807) is 14.2 Å². The van der Waals surface area contributed by atoms with Crippen LogP contribution < -0.4 is 14.8 Å². The summed E-state index contributed by atoms with van der Waals surface area (Å²) in [7, 11) is 3.22. The first-order valence-electron chi connectivity index (χ1n) is 11.5. The molecule has 2 fully saturated rings. The van der Waals surface area contributed by atoms with Crippen LogP contribution in [0.1, 0.15) is 48.0 Å². The van der Waals surface area contributed by atoms with Gasteiger partial charge in [-0.2, -0.15) is 0 Å². The number of hydrogen-bond donors (Lipinski definition) is 1. The van der Waals surface area contributed by atoms with Crippen molar-refractivity contribution in [3.8, 4) is 11.5 Å². The van der Waals surface area contributed by atoms with Crippen molar-refractivity contribution in [2.75, 3.05) is 20.8 Å². The smallest absolute Gasteiger partial charge is 0.254 e. The Kier molecular flexibility index (Phi) is 6.98. The van der Waals surface area contributed by atoms with Crippen molar-refractivity contribution in [2.45, 2.75) is 50.6 Å². The van der Waals surface area contributed by atoms with Gasteiger partial charge in [0.1, 0.15) is 6.04 Å². The van der Waals surface area contributed by atoms with Crippen molar-refractivity contribution in [1.29, 1.82) is 0 Å². The molecule has 3 unspecified atom stereocenters. The van der Waals surface area contributed by atoms with Crippen LogP contribution in [0, 0.1) is 5.92 Å². The number of likely N-dealkylation sites (tertiary alicyclic amines) is 1. The monoisotopic (exact) mass is 436 g/mol. The maximum absolute atomic E-state index is 13.4. The zero-order valence-corrected chi connectivity index (χ0v) is 18.9. The standard InChI is InChI=1S/C26H32N2O4/c1-31-23-13-12-18(16-24(23)32-2)14-15-27-25(29)22-17-20-10-6-7-11-21(20)28(22)26(30)19-8-4-3-5-9-19/h3-5,8-9,12-13,16,20-22H,6-7,10-11,14-15,17H2,1-2H3,(H,27,29). The predicted octanol–water partition coefficient (Wildman–Crippen LogP) is 3.84. The zero-order valence-electron chi connectivity index (χ0n) is 18.9. The molecular formula is C26H32N2O4. The highest BCUT2D eigenvalue weighted by Crippen LogP contribution is 2.40. The molecule has 0 radical (unpaired) electrons. The lowest BCUT2D eigenvalue weighted by Gasteiger charge is -2.33. The van der Waals surface area contributed by atoms with Crippen LogP contribution in [0.15, 0.2) is 48.5 Å². The molecule has 2 aromatic rings. The van der Waals surface area contributed by atoms with E-state index >= 15 is 0 Å². The molecule has 1 aliphatic carbocycles. The average molecular weight is 437 g/mol. The molecule has 2 aromatic carbocycles. The summed E-state index contributed by atoms with van der Waals surface area (Å²) in [4.78, 5) is 28.4. The molecule has 0 bridgehead atoms. The number of nitrogens with zero attached hydrogens (tertiary/aromatic N) is 1. The van der Waals surface area contributed by atoms with Crippen LogP contribution in [-0.2, 0) is 11.2 Å². The van der Waals surface area contributed by atoms with Crippen molar-refractivity contribution in [3.05, 3.63) is 59.7 Å². The highest BCUT2D eigenvalue weighted by molar-refractivity contribution is 5.98. The summed E-state index contributed by atoms with van der Waals surface area (Å²) in [6, 6.07) is 14.9. The minimum atomic E-state index is -0.402. The second kappa shape index (κ2) is 10.1. The molecule has 0 aromatic heterocycles. The Labute approximate surface area is 189 Å². The third-order valence-corrected chi connectivity index (χ3v) is 6.81. The molecule has 1 heterocycles. The number of hydrogen-bond acceptors (Lipinski definition) is 4. The van der Waals surface area contributed by atoms with Crippen LogP contribution in [0.5, 0.6) is 11.5 Å². The minimum absolute atomic E-state index is 0.0277. The lowest BCUT2D eigenvalue weighted by atomic mass is 9.84. The van der Waals surface area contributed by atoms with E-state index in [2.05, 4.69) is 5.32 Å². The third-order valence-electron chi connectivity index (χ3n) is 6.81. The largest absolute Gasteiger partial charge is 0.493 e. The van der Waals surface area contributed by atoms with Gasteiger partial charge in [0.05, 0.1) is 14.2 Å². The molecule has 6 nitrogen and oxygen atoms in total. The van der Waals surface area contributed by atoms with Gasteiger partial charge in [0.2, 0.25) is 5.91 Å². The third kappa shape index (κ3) is 4.59. The van der Waals surface area contributed by atoms with Crippen molar-refractivity contribution in [1.82, 2.24) is 10.2 Å². The van der Waals surface area contributed by atoms with Crippen LogP contribution >= 0.6 is 0 Å². The fraction of sp³-hybridized carbons (Fsp3) is 0.462. The van der Waals surface area contributed by atoms with E-state index in [1.807, 2.05) is 53.4 Å². The van der Waals surface area contributed by atoms with Crippen LogP contribution in [0.3, 0.4) is 0 Å². The predicted molar refractivity (Wildman–Crippen MR) is 123 cm³/mol. The van der Waals surface area contributed by atoms with E-state index in [0.29, 0.717) is 35.9 Å². The zero-order chi connectivity index (χ0) is 22.5. The number of ether oxygens (including phenoxy) is 2. The number of carbonyl (C=O) groups excluding carboxylic acids is 2. The molecule has 32 heavy (non-hydrogen) atoms. The molecule has 2 aliphatic rings. The molecule has 1 aliphatic heterocycles. The first-order valence-corrected chi connectivity index (χ1v) is 11.5. The Hall–Kier alpha value is -3.02. The fourth-order valence-electron chi connectivity index (χ4n) is 5.20. The van der Waals surface area contributed by atoms with Gasteiger partial charge in [-0.05, 0) is 61.4 Å². The Morgan fingerprint density at radius 1 is 1.00 bits per heavy atom. The van der Waals surface area contributed by atoms with E-state index in [0.717, 1.165) is 31.2 Å². The summed E-state index contributed by atoms with van der Waals surface area (Å²) in [6.07, 6.45) is 5.82. The summed E-state index contributed by atoms with van der Waals surface area (Å²) in [5.74, 6) is 1.70. The fourth-order valence-corrected chi connectivity index (χ4v) is 5.20. The molecule has 1 saturated heterocycles. The van der Waals surface area contributed by atoms with Gasteiger partial charge in [-0.1, -0.05) is 37.1 Å². The quantitative estimate of drug-likeness (QED) is 0.716. The van der Waals surface area contributed by atoms with Crippen molar-refractivity contribution >= 4 is 11.8 Å². The van der Waals surface area contributed by atoms with Crippen LogP contribution in [0.2, 0.25) is 0 Å². The summed E-state index contributed by atoms with van der Waals surface area (Å²) in [5, 5.41) is 3.08. The van der Waals surface area contributed by atoms with Gasteiger partial charge in [0.25, 0.3) is 5.91 Å². The molecule has 0 spiro atoms. The summed E-state index contributed by atoms with van der Waals surface area (Å²) >= 11 is 0. The lowest BCUT2D eigenvalue weighted by molar-refractivity contribution is -0.125. The van der Waals surface area contributed by atoms with Gasteiger partial charge in [-0.3, -0.25) is 9.59 Å². The topological polar surface area (TPSA) is 67.9 Å². The molecule has 6 heteroatoms. The number of carbonyl (C=O) groups is 2. The molecule has 1 N–H and O–H groups in total. The normalized spacial score (nSPS) is 22.2. The van der Waals surface area contributed by atoms with Gasteiger partial charge < -0.3 is 19.7 Å². The summed E-state index contributed by atoms with van der Waals surface area (Å²) in [5.41, 5.74) is 1.71.